The minimum absolute atomic E-state index is 0.0820. The molecule has 7 heteroatoms. The van der Waals surface area contributed by atoms with Gasteiger partial charge < -0.3 is 5.32 Å². The largest absolute Gasteiger partial charge is 0.350 e. The molecule has 31 heavy (non-hydrogen) atoms. The van der Waals surface area contributed by atoms with E-state index in [0.717, 1.165) is 24.0 Å². The van der Waals surface area contributed by atoms with Gasteiger partial charge in [-0.1, -0.05) is 35.9 Å². The Morgan fingerprint density at radius 3 is 2.55 bits per heavy atom. The summed E-state index contributed by atoms with van der Waals surface area (Å²) >= 11 is 6.07. The van der Waals surface area contributed by atoms with Gasteiger partial charge >= 0.3 is 0 Å². The van der Waals surface area contributed by atoms with E-state index in [1.807, 2.05) is 13.8 Å². The number of carbonyl (C=O) groups excluding carboxylic acids is 1. The van der Waals surface area contributed by atoms with Crippen molar-refractivity contribution in [3.63, 3.8) is 0 Å². The van der Waals surface area contributed by atoms with Crippen LogP contribution < -0.4 is 9.62 Å². The van der Waals surface area contributed by atoms with E-state index in [1.165, 1.54) is 34.5 Å². The van der Waals surface area contributed by atoms with Crippen LogP contribution in [0.4, 0.5) is 5.69 Å². The lowest BCUT2D eigenvalue weighted by Crippen LogP contribution is -2.33. The maximum atomic E-state index is 12.5. The van der Waals surface area contributed by atoms with Crippen molar-refractivity contribution in [1.82, 2.24) is 5.32 Å². The Morgan fingerprint density at radius 2 is 1.84 bits per heavy atom. The van der Waals surface area contributed by atoms with Gasteiger partial charge in [-0.3, -0.25) is 9.10 Å². The Morgan fingerprint density at radius 1 is 1.13 bits per heavy atom. The molecule has 0 saturated heterocycles. The molecule has 5 nitrogen and oxygen atoms in total. The summed E-state index contributed by atoms with van der Waals surface area (Å²) in [6.07, 6.45) is 6.56. The molecule has 0 saturated carbocycles. The van der Waals surface area contributed by atoms with Gasteiger partial charge in [-0.05, 0) is 80.3 Å². The van der Waals surface area contributed by atoms with Crippen molar-refractivity contribution >= 4 is 33.2 Å². The molecule has 0 aromatic heterocycles. The van der Waals surface area contributed by atoms with Gasteiger partial charge in [-0.25, -0.2) is 8.42 Å². The van der Waals surface area contributed by atoms with Gasteiger partial charge in [0.2, 0.25) is 15.9 Å². The summed E-state index contributed by atoms with van der Waals surface area (Å²) in [5, 5.41) is 3.53. The third-order valence-electron chi connectivity index (χ3n) is 5.86. The number of hydrogen-bond acceptors (Lipinski definition) is 3. The van der Waals surface area contributed by atoms with Crippen molar-refractivity contribution in [2.75, 3.05) is 17.1 Å². The number of nitrogens with one attached hydrogen (secondary N) is 1. The summed E-state index contributed by atoms with van der Waals surface area (Å²) in [7, 11) is -3.49. The molecule has 0 spiro atoms. The van der Waals surface area contributed by atoms with Crippen LogP contribution in [0.1, 0.15) is 60.9 Å². The molecular formula is C24H31ClN2O3S. The molecule has 2 aromatic rings. The van der Waals surface area contributed by atoms with Gasteiger partial charge in [0.1, 0.15) is 0 Å². The molecular weight excluding hydrogens is 432 g/mol. The summed E-state index contributed by atoms with van der Waals surface area (Å²) in [5.74, 6) is -0.0820. The van der Waals surface area contributed by atoms with E-state index >= 15 is 0 Å². The highest BCUT2D eigenvalue weighted by atomic mass is 35.5. The second kappa shape index (κ2) is 10.0. The zero-order valence-electron chi connectivity index (χ0n) is 18.4. The molecule has 0 radical (unpaired) electrons. The topological polar surface area (TPSA) is 66.5 Å². The van der Waals surface area contributed by atoms with Gasteiger partial charge in [0.05, 0.1) is 18.0 Å². The van der Waals surface area contributed by atoms with Crippen LogP contribution in [0.3, 0.4) is 0 Å². The van der Waals surface area contributed by atoms with Gasteiger partial charge in [0.15, 0.2) is 0 Å². The van der Waals surface area contributed by atoms with Crippen LogP contribution in [-0.4, -0.2) is 27.1 Å². The summed E-state index contributed by atoms with van der Waals surface area (Å²) < 4.78 is 26.0. The third-order valence-corrected chi connectivity index (χ3v) is 7.27. The highest BCUT2D eigenvalue weighted by molar-refractivity contribution is 7.92. The highest BCUT2D eigenvalue weighted by Crippen LogP contribution is 2.27. The first-order valence-electron chi connectivity index (χ1n) is 10.8. The molecule has 1 aliphatic rings. The van der Waals surface area contributed by atoms with Crippen LogP contribution in [0.25, 0.3) is 0 Å². The first kappa shape index (κ1) is 23.6. The molecule has 1 amide bonds. The fourth-order valence-electron chi connectivity index (χ4n) is 4.12. The molecule has 1 N–H and O–H groups in total. The van der Waals surface area contributed by atoms with E-state index in [2.05, 4.69) is 23.5 Å². The molecule has 0 bridgehead atoms. The number of anilines is 1. The average Bonchev–Trinajstić information content (AvgIpc) is 2.72. The van der Waals surface area contributed by atoms with Crippen molar-refractivity contribution in [1.29, 1.82) is 0 Å². The van der Waals surface area contributed by atoms with E-state index in [0.29, 0.717) is 17.1 Å². The second-order valence-electron chi connectivity index (χ2n) is 8.39. The van der Waals surface area contributed by atoms with Crippen molar-refractivity contribution in [2.45, 2.75) is 58.4 Å². The van der Waals surface area contributed by atoms with Crippen LogP contribution in [0.15, 0.2) is 36.4 Å². The highest BCUT2D eigenvalue weighted by Gasteiger charge is 2.20. The number of nitrogens with zero attached hydrogens (tertiary/aromatic N) is 1. The number of benzene rings is 2. The number of aryl methyl sites for hydroxylation is 3. The lowest BCUT2D eigenvalue weighted by atomic mass is 9.89. The number of hydrogen-bond donors (Lipinski definition) is 1. The predicted molar refractivity (Wildman–Crippen MR) is 127 cm³/mol. The van der Waals surface area contributed by atoms with E-state index in [1.54, 1.807) is 18.2 Å². The summed E-state index contributed by atoms with van der Waals surface area (Å²) in [6.45, 7) is 4.05. The molecule has 0 heterocycles. The van der Waals surface area contributed by atoms with E-state index < -0.39 is 10.0 Å². The maximum absolute atomic E-state index is 12.5. The number of carbonyl (C=O) groups is 1. The van der Waals surface area contributed by atoms with Gasteiger partial charge in [0, 0.05) is 18.0 Å². The Labute approximate surface area is 190 Å². The zero-order chi connectivity index (χ0) is 22.6. The average molecular weight is 463 g/mol. The minimum Gasteiger partial charge on any atom is -0.350 e. The normalized spacial score (nSPS) is 14.6. The van der Waals surface area contributed by atoms with Crippen molar-refractivity contribution < 1.29 is 13.2 Å². The molecule has 2 aromatic carbocycles. The number of rotatable bonds is 8. The summed E-state index contributed by atoms with van der Waals surface area (Å²) in [4.78, 5) is 12.5. The Balaban J connectivity index is 1.58. The van der Waals surface area contributed by atoms with Gasteiger partial charge in [-0.15, -0.1) is 0 Å². The summed E-state index contributed by atoms with van der Waals surface area (Å²) in [6, 6.07) is 11.6. The molecule has 0 aliphatic heterocycles. The van der Waals surface area contributed by atoms with Crippen LogP contribution in [-0.2, 0) is 27.7 Å². The Bertz CT molecular complexity index is 1050. The van der Waals surface area contributed by atoms with Crippen LogP contribution >= 0.6 is 11.6 Å². The molecule has 1 atom stereocenters. The Hall–Kier alpha value is -2.05. The lowest BCUT2D eigenvalue weighted by Gasteiger charge is -2.24. The van der Waals surface area contributed by atoms with Crippen molar-refractivity contribution in [2.24, 2.45) is 0 Å². The predicted octanol–water partition coefficient (Wildman–Crippen LogP) is 4.95. The number of halogens is 1. The monoisotopic (exact) mass is 462 g/mol. The smallest absolute Gasteiger partial charge is 0.232 e. The molecule has 3 rings (SSSR count). The van der Waals surface area contributed by atoms with Crippen LogP contribution in [0, 0.1) is 6.92 Å². The number of sulfonamides is 1. The number of amides is 1. The first-order valence-corrected chi connectivity index (χ1v) is 13.0. The van der Waals surface area contributed by atoms with Gasteiger partial charge in [-0.2, -0.15) is 0 Å². The SMILES string of the molecule is Cc1ccc(Cl)cc1N(CCCC(=O)N[C@H](C)c1ccc2c(c1)CCCC2)S(C)(=O)=O. The van der Waals surface area contributed by atoms with Crippen LogP contribution in [0.5, 0.6) is 0 Å². The molecule has 168 valence electrons. The van der Waals surface area contributed by atoms with Crippen LogP contribution in [0.2, 0.25) is 5.02 Å². The molecule has 1 aliphatic carbocycles. The molecule has 0 fully saturated rings. The van der Waals surface area contributed by atoms with E-state index in [4.69, 9.17) is 11.6 Å². The summed E-state index contributed by atoms with van der Waals surface area (Å²) in [5.41, 5.74) is 5.30. The van der Waals surface area contributed by atoms with Gasteiger partial charge in [0.25, 0.3) is 0 Å². The van der Waals surface area contributed by atoms with E-state index in [9.17, 15) is 13.2 Å². The first-order chi connectivity index (χ1) is 14.6. The van der Waals surface area contributed by atoms with Crippen molar-refractivity contribution in [3.8, 4) is 0 Å². The molecule has 0 unspecified atom stereocenters. The fraction of sp³-hybridized carbons (Fsp3) is 0.458. The second-order valence-corrected chi connectivity index (χ2v) is 10.7. The lowest BCUT2D eigenvalue weighted by molar-refractivity contribution is -0.121. The van der Waals surface area contributed by atoms with E-state index in [-0.39, 0.29) is 24.9 Å². The Kier molecular flexibility index (Phi) is 7.65. The zero-order valence-corrected chi connectivity index (χ0v) is 20.0. The minimum atomic E-state index is -3.49. The maximum Gasteiger partial charge on any atom is 0.232 e. The standard InChI is InChI=1S/C24H31ClN2O3S/c1-17-10-13-22(25)16-23(17)27(31(3,29)30)14-6-9-24(28)26-18(2)20-12-11-19-7-4-5-8-21(19)15-20/h10-13,15-16,18H,4-9,14H2,1-3H3,(H,26,28)/t18-/m1/s1. The third kappa shape index (κ3) is 6.23. The quantitative estimate of drug-likeness (QED) is 0.603. The van der Waals surface area contributed by atoms with Crippen molar-refractivity contribution in [3.05, 3.63) is 63.7 Å². The number of fused-ring (bicyclic) bond motifs is 1. The fourth-order valence-corrected chi connectivity index (χ4v) is 5.30.